The SMILES string of the molecule is CS(=O)(=O)O[C@H]1[C@@H]2Oc3nc(=O)ccn3[C@@H]2O[C@H]1COC(=O)c1ccccc1. The van der Waals surface area contributed by atoms with Crippen LogP contribution < -0.4 is 10.3 Å². The second kappa shape index (κ2) is 7.00. The van der Waals surface area contributed by atoms with Gasteiger partial charge in [-0.05, 0) is 12.1 Å². The van der Waals surface area contributed by atoms with Crippen LogP contribution in [-0.4, -0.2) is 55.1 Å². The standard InChI is InChI=1S/C17H16N2O8S/c1-28(22,23)27-13-11(9-24-16(21)10-5-3-2-4-6-10)25-15-14(13)26-17-18-12(20)7-8-19(15)17/h2-8,11,13-15H,9H2,1H3/t11-,13+,14-,15+/m0/s1. The predicted octanol–water partition coefficient (Wildman–Crippen LogP) is 0.104. The third-order valence-corrected chi connectivity index (χ3v) is 4.85. The summed E-state index contributed by atoms with van der Waals surface area (Å²) in [5, 5.41) is 0. The smallest absolute Gasteiger partial charge is 0.338 e. The summed E-state index contributed by atoms with van der Waals surface area (Å²) in [6, 6.07) is 9.58. The number of carbonyl (C=O) groups is 1. The lowest BCUT2D eigenvalue weighted by Crippen LogP contribution is -2.40. The number of nitrogens with zero attached hydrogens (tertiary/aromatic N) is 2. The Bertz CT molecular complexity index is 1050. The molecule has 3 heterocycles. The van der Waals surface area contributed by atoms with E-state index in [1.54, 1.807) is 30.3 Å². The van der Waals surface area contributed by atoms with Gasteiger partial charge in [-0.15, -0.1) is 0 Å². The Morgan fingerprint density at radius 1 is 1.25 bits per heavy atom. The molecule has 0 amide bonds. The van der Waals surface area contributed by atoms with Gasteiger partial charge in [-0.2, -0.15) is 13.4 Å². The molecule has 4 rings (SSSR count). The first-order valence-electron chi connectivity index (χ1n) is 8.33. The highest BCUT2D eigenvalue weighted by Crippen LogP contribution is 2.40. The summed E-state index contributed by atoms with van der Waals surface area (Å²) in [6.07, 6.45) is -1.29. The fourth-order valence-electron chi connectivity index (χ4n) is 3.12. The fourth-order valence-corrected chi connectivity index (χ4v) is 3.76. The summed E-state index contributed by atoms with van der Waals surface area (Å²) < 4.78 is 46.7. The zero-order chi connectivity index (χ0) is 19.9. The van der Waals surface area contributed by atoms with Gasteiger partial charge in [-0.1, -0.05) is 18.2 Å². The number of carbonyl (C=O) groups excluding carboxylic acids is 1. The van der Waals surface area contributed by atoms with Gasteiger partial charge in [0.1, 0.15) is 18.8 Å². The van der Waals surface area contributed by atoms with Gasteiger partial charge in [0, 0.05) is 12.3 Å². The molecule has 0 radical (unpaired) electrons. The molecule has 1 aromatic carbocycles. The molecule has 1 saturated heterocycles. The molecule has 0 unspecified atom stereocenters. The van der Waals surface area contributed by atoms with Crippen LogP contribution in [0.4, 0.5) is 0 Å². The second-order valence-corrected chi connectivity index (χ2v) is 7.93. The monoisotopic (exact) mass is 408 g/mol. The van der Waals surface area contributed by atoms with Crippen molar-refractivity contribution in [2.75, 3.05) is 12.9 Å². The molecule has 2 aromatic rings. The summed E-state index contributed by atoms with van der Waals surface area (Å²) in [5.74, 6) is -0.578. The van der Waals surface area contributed by atoms with E-state index in [1.165, 1.54) is 16.8 Å². The first-order valence-corrected chi connectivity index (χ1v) is 10.2. The van der Waals surface area contributed by atoms with Crippen molar-refractivity contribution >= 4 is 16.1 Å². The summed E-state index contributed by atoms with van der Waals surface area (Å²) in [5.41, 5.74) is -0.149. The number of fused-ring (bicyclic) bond motifs is 3. The van der Waals surface area contributed by atoms with Crippen LogP contribution in [0.1, 0.15) is 16.6 Å². The zero-order valence-electron chi connectivity index (χ0n) is 14.6. The quantitative estimate of drug-likeness (QED) is 0.501. The van der Waals surface area contributed by atoms with Gasteiger partial charge in [0.15, 0.2) is 12.3 Å². The van der Waals surface area contributed by atoms with E-state index in [1.807, 2.05) is 0 Å². The van der Waals surface area contributed by atoms with Gasteiger partial charge >= 0.3 is 12.0 Å². The van der Waals surface area contributed by atoms with Gasteiger partial charge in [0.25, 0.3) is 15.7 Å². The molecule has 1 fully saturated rings. The largest absolute Gasteiger partial charge is 0.459 e. The number of aromatic nitrogens is 2. The first-order chi connectivity index (χ1) is 13.3. The third-order valence-electron chi connectivity index (χ3n) is 4.28. The maximum atomic E-state index is 12.2. The average molecular weight is 408 g/mol. The number of hydrogen-bond acceptors (Lipinski definition) is 9. The van der Waals surface area contributed by atoms with Crippen LogP contribution in [0.25, 0.3) is 0 Å². The van der Waals surface area contributed by atoms with E-state index in [0.29, 0.717) is 5.56 Å². The number of ether oxygens (including phenoxy) is 3. The number of hydrogen-bond donors (Lipinski definition) is 0. The minimum Gasteiger partial charge on any atom is -0.459 e. The normalized spacial score (nSPS) is 25.6. The molecular weight excluding hydrogens is 392 g/mol. The highest BCUT2D eigenvalue weighted by molar-refractivity contribution is 7.86. The highest BCUT2D eigenvalue weighted by atomic mass is 32.2. The molecule has 2 aliphatic heterocycles. The van der Waals surface area contributed by atoms with Crippen molar-refractivity contribution in [1.82, 2.24) is 9.55 Å². The summed E-state index contributed by atoms with van der Waals surface area (Å²) >= 11 is 0. The molecule has 0 aliphatic carbocycles. The Balaban J connectivity index is 1.54. The molecule has 0 N–H and O–H groups in total. The van der Waals surface area contributed by atoms with Crippen LogP contribution >= 0.6 is 0 Å². The number of rotatable bonds is 5. The molecule has 10 nitrogen and oxygen atoms in total. The van der Waals surface area contributed by atoms with E-state index in [0.717, 1.165) is 6.26 Å². The molecule has 0 spiro atoms. The lowest BCUT2D eigenvalue weighted by atomic mass is 10.1. The maximum absolute atomic E-state index is 12.2. The average Bonchev–Trinajstić information content (AvgIpc) is 3.15. The molecule has 148 valence electrons. The maximum Gasteiger partial charge on any atom is 0.338 e. The molecule has 0 bridgehead atoms. The van der Waals surface area contributed by atoms with Crippen molar-refractivity contribution < 1.29 is 31.6 Å². The fraction of sp³-hybridized carbons (Fsp3) is 0.353. The van der Waals surface area contributed by atoms with Gasteiger partial charge < -0.3 is 14.2 Å². The molecule has 0 saturated carbocycles. The van der Waals surface area contributed by atoms with E-state index in [4.69, 9.17) is 18.4 Å². The van der Waals surface area contributed by atoms with Crippen LogP contribution in [0.2, 0.25) is 0 Å². The summed E-state index contributed by atoms with van der Waals surface area (Å²) in [6.45, 7) is -0.243. The molecule has 28 heavy (non-hydrogen) atoms. The lowest BCUT2D eigenvalue weighted by molar-refractivity contribution is -0.0466. The minimum absolute atomic E-state index is 0.00401. The Morgan fingerprint density at radius 3 is 2.71 bits per heavy atom. The molecular formula is C17H16N2O8S. The zero-order valence-corrected chi connectivity index (χ0v) is 15.4. The number of esters is 1. The molecule has 2 aliphatic rings. The van der Waals surface area contributed by atoms with Crippen molar-refractivity contribution in [1.29, 1.82) is 0 Å². The third kappa shape index (κ3) is 3.63. The van der Waals surface area contributed by atoms with Crippen LogP contribution in [0, 0.1) is 0 Å². The van der Waals surface area contributed by atoms with Crippen molar-refractivity contribution in [3.05, 3.63) is 58.5 Å². The first kappa shape index (κ1) is 18.6. The molecule has 4 atom stereocenters. The summed E-state index contributed by atoms with van der Waals surface area (Å²) in [4.78, 5) is 27.3. The topological polar surface area (TPSA) is 123 Å². The van der Waals surface area contributed by atoms with E-state index < -0.39 is 46.2 Å². The second-order valence-electron chi connectivity index (χ2n) is 6.33. The van der Waals surface area contributed by atoms with Gasteiger partial charge in [-0.3, -0.25) is 13.5 Å². The van der Waals surface area contributed by atoms with E-state index in [9.17, 15) is 18.0 Å². The molecule has 1 aromatic heterocycles. The predicted molar refractivity (Wildman–Crippen MR) is 93.3 cm³/mol. The molecule has 11 heteroatoms. The van der Waals surface area contributed by atoms with Gasteiger partial charge in [0.05, 0.1) is 11.8 Å². The Labute approximate surface area is 159 Å². The van der Waals surface area contributed by atoms with Gasteiger partial charge in [-0.25, -0.2) is 4.79 Å². The van der Waals surface area contributed by atoms with Crippen molar-refractivity contribution in [3.8, 4) is 6.01 Å². The Kier molecular flexibility index (Phi) is 4.65. The van der Waals surface area contributed by atoms with E-state index >= 15 is 0 Å². The van der Waals surface area contributed by atoms with Crippen LogP contribution in [0.3, 0.4) is 0 Å². The Hall–Kier alpha value is -2.76. The minimum atomic E-state index is -3.86. The van der Waals surface area contributed by atoms with Crippen molar-refractivity contribution in [3.63, 3.8) is 0 Å². The Morgan fingerprint density at radius 2 is 2.00 bits per heavy atom. The number of benzene rings is 1. The van der Waals surface area contributed by atoms with Crippen LogP contribution in [-0.2, 0) is 23.8 Å². The van der Waals surface area contributed by atoms with Crippen molar-refractivity contribution in [2.24, 2.45) is 0 Å². The lowest BCUT2D eigenvalue weighted by Gasteiger charge is -2.20. The van der Waals surface area contributed by atoms with Gasteiger partial charge in [0.2, 0.25) is 0 Å². The van der Waals surface area contributed by atoms with E-state index in [-0.39, 0.29) is 12.6 Å². The summed E-state index contributed by atoms with van der Waals surface area (Å²) in [7, 11) is -3.86. The van der Waals surface area contributed by atoms with Crippen molar-refractivity contribution in [2.45, 2.75) is 24.5 Å². The van der Waals surface area contributed by atoms with Crippen LogP contribution in [0.5, 0.6) is 6.01 Å². The highest BCUT2D eigenvalue weighted by Gasteiger charge is 2.54. The van der Waals surface area contributed by atoms with Crippen LogP contribution in [0.15, 0.2) is 47.4 Å². The van der Waals surface area contributed by atoms with E-state index in [2.05, 4.69) is 4.98 Å².